The summed E-state index contributed by atoms with van der Waals surface area (Å²) < 4.78 is 0. The maximum Gasteiger partial charge on any atom is 0.307 e. The highest BCUT2D eigenvalue weighted by atomic mass is 16.4. The van der Waals surface area contributed by atoms with Gasteiger partial charge in [-0.25, -0.2) is 0 Å². The molecule has 0 amide bonds. The van der Waals surface area contributed by atoms with Crippen molar-refractivity contribution in [3.8, 4) is 0 Å². The quantitative estimate of drug-likeness (QED) is 0.764. The van der Waals surface area contributed by atoms with Gasteiger partial charge in [-0.15, -0.1) is 0 Å². The van der Waals surface area contributed by atoms with Gasteiger partial charge in [-0.2, -0.15) is 0 Å². The molecule has 2 saturated heterocycles. The molecule has 98 valence electrons. The van der Waals surface area contributed by atoms with Crippen LogP contribution in [0.4, 0.5) is 0 Å². The molecule has 2 rings (SSSR count). The summed E-state index contributed by atoms with van der Waals surface area (Å²) in [5.41, 5.74) is 0. The van der Waals surface area contributed by atoms with Crippen LogP contribution in [0.15, 0.2) is 0 Å². The molecule has 4 heteroatoms. The van der Waals surface area contributed by atoms with Crippen molar-refractivity contribution in [3.63, 3.8) is 0 Å². The largest absolute Gasteiger partial charge is 0.481 e. The number of carboxylic acid groups (broad SMARTS) is 1. The molecule has 0 spiro atoms. The van der Waals surface area contributed by atoms with Crippen molar-refractivity contribution in [2.24, 2.45) is 5.92 Å². The summed E-state index contributed by atoms with van der Waals surface area (Å²) in [6.45, 7) is 6.13. The summed E-state index contributed by atoms with van der Waals surface area (Å²) in [6.07, 6.45) is 4.61. The average Bonchev–Trinajstić information content (AvgIpc) is 2.29. The maximum absolute atomic E-state index is 11.1. The Morgan fingerprint density at radius 3 is 2.47 bits per heavy atom. The van der Waals surface area contributed by atoms with Crippen LogP contribution in [-0.4, -0.2) is 47.2 Å². The van der Waals surface area contributed by atoms with E-state index in [-0.39, 0.29) is 5.92 Å². The highest BCUT2D eigenvalue weighted by Gasteiger charge is 2.35. The van der Waals surface area contributed by atoms with E-state index in [1.54, 1.807) is 0 Å². The highest BCUT2D eigenvalue weighted by molar-refractivity contribution is 5.70. The number of nitrogens with zero attached hydrogens (tertiary/aromatic N) is 1. The lowest BCUT2D eigenvalue weighted by atomic mass is 9.89. The van der Waals surface area contributed by atoms with E-state index in [1.807, 2.05) is 0 Å². The van der Waals surface area contributed by atoms with Gasteiger partial charge in [0.2, 0.25) is 0 Å². The van der Waals surface area contributed by atoms with Crippen molar-refractivity contribution in [1.29, 1.82) is 0 Å². The summed E-state index contributed by atoms with van der Waals surface area (Å²) >= 11 is 0. The van der Waals surface area contributed by atoms with Crippen LogP contribution in [0.1, 0.15) is 39.5 Å². The molecular weight excluding hydrogens is 216 g/mol. The number of piperidine rings is 2. The first-order valence-corrected chi connectivity index (χ1v) is 6.80. The van der Waals surface area contributed by atoms with Crippen molar-refractivity contribution in [2.45, 2.75) is 57.7 Å². The molecule has 2 aliphatic heterocycles. The molecule has 0 aliphatic carbocycles. The number of carboxylic acids is 1. The normalized spacial score (nSPS) is 40.1. The van der Waals surface area contributed by atoms with E-state index in [9.17, 15) is 4.79 Å². The third kappa shape index (κ3) is 2.80. The molecule has 0 bridgehead atoms. The van der Waals surface area contributed by atoms with Crippen molar-refractivity contribution in [3.05, 3.63) is 0 Å². The lowest BCUT2D eigenvalue weighted by Crippen LogP contribution is -2.57. The first-order chi connectivity index (χ1) is 8.09. The lowest BCUT2D eigenvalue weighted by molar-refractivity contribution is -0.143. The van der Waals surface area contributed by atoms with Crippen molar-refractivity contribution in [2.75, 3.05) is 13.1 Å². The minimum atomic E-state index is -0.653. The Labute approximate surface area is 103 Å². The van der Waals surface area contributed by atoms with Crippen LogP contribution in [0.5, 0.6) is 0 Å². The van der Waals surface area contributed by atoms with Crippen LogP contribution in [0, 0.1) is 5.92 Å². The van der Waals surface area contributed by atoms with E-state index >= 15 is 0 Å². The summed E-state index contributed by atoms with van der Waals surface area (Å²) in [5.74, 6) is -0.866. The Balaban J connectivity index is 2.02. The first-order valence-electron chi connectivity index (χ1n) is 6.80. The van der Waals surface area contributed by atoms with Crippen LogP contribution in [0.3, 0.4) is 0 Å². The zero-order chi connectivity index (χ0) is 12.4. The molecule has 17 heavy (non-hydrogen) atoms. The van der Waals surface area contributed by atoms with E-state index in [4.69, 9.17) is 5.11 Å². The van der Waals surface area contributed by atoms with E-state index in [1.165, 1.54) is 19.3 Å². The summed E-state index contributed by atoms with van der Waals surface area (Å²) in [7, 11) is 0. The van der Waals surface area contributed by atoms with Crippen LogP contribution >= 0.6 is 0 Å². The number of nitrogens with one attached hydrogen (secondary N) is 1. The zero-order valence-corrected chi connectivity index (χ0v) is 10.9. The molecule has 0 aromatic rings. The van der Waals surface area contributed by atoms with Gasteiger partial charge in [0.05, 0.1) is 5.92 Å². The van der Waals surface area contributed by atoms with Gasteiger partial charge >= 0.3 is 5.97 Å². The molecule has 0 aromatic heterocycles. The van der Waals surface area contributed by atoms with E-state index in [2.05, 4.69) is 24.1 Å². The van der Waals surface area contributed by atoms with Crippen LogP contribution in [0.2, 0.25) is 0 Å². The van der Waals surface area contributed by atoms with Gasteiger partial charge in [0.25, 0.3) is 0 Å². The molecule has 0 radical (unpaired) electrons. The van der Waals surface area contributed by atoms with Crippen LogP contribution in [0.25, 0.3) is 0 Å². The lowest BCUT2D eigenvalue weighted by Gasteiger charge is -2.46. The topological polar surface area (TPSA) is 52.6 Å². The van der Waals surface area contributed by atoms with Gasteiger partial charge in [0.1, 0.15) is 0 Å². The predicted molar refractivity (Wildman–Crippen MR) is 67.0 cm³/mol. The second kappa shape index (κ2) is 5.36. The van der Waals surface area contributed by atoms with E-state index < -0.39 is 5.97 Å². The Bertz CT molecular complexity index is 273. The Kier molecular flexibility index (Phi) is 4.05. The minimum absolute atomic E-state index is 0.213. The number of rotatable bonds is 2. The standard InChI is InChI=1S/C13H24N2O2/c1-9-4-3-5-10(2)15(9)12-6-11(13(16)17)7-14-8-12/h9-12,14H,3-8H2,1-2H3,(H,16,17). The molecule has 2 fully saturated rings. The first kappa shape index (κ1) is 12.8. The number of hydrogen-bond donors (Lipinski definition) is 2. The van der Waals surface area contributed by atoms with Gasteiger partial charge in [-0.1, -0.05) is 6.42 Å². The fourth-order valence-electron chi connectivity index (χ4n) is 3.50. The Morgan fingerprint density at radius 1 is 1.24 bits per heavy atom. The van der Waals surface area contributed by atoms with E-state index in [0.29, 0.717) is 24.7 Å². The van der Waals surface area contributed by atoms with Gasteiger partial charge in [-0.3, -0.25) is 9.69 Å². The van der Waals surface area contributed by atoms with Gasteiger partial charge < -0.3 is 10.4 Å². The maximum atomic E-state index is 11.1. The molecule has 4 atom stereocenters. The average molecular weight is 240 g/mol. The number of likely N-dealkylation sites (tertiary alicyclic amines) is 1. The molecule has 2 aliphatic rings. The Hall–Kier alpha value is -0.610. The SMILES string of the molecule is CC1CCCC(C)N1C1CNCC(C(=O)O)C1. The second-order valence-corrected chi connectivity index (χ2v) is 5.66. The molecule has 2 heterocycles. The van der Waals surface area contributed by atoms with Crippen LogP contribution in [-0.2, 0) is 4.79 Å². The highest BCUT2D eigenvalue weighted by Crippen LogP contribution is 2.28. The molecule has 4 unspecified atom stereocenters. The van der Waals surface area contributed by atoms with Gasteiger partial charge in [0, 0.05) is 31.2 Å². The van der Waals surface area contributed by atoms with E-state index in [0.717, 1.165) is 13.0 Å². The zero-order valence-electron chi connectivity index (χ0n) is 10.9. The monoisotopic (exact) mass is 240 g/mol. The Morgan fingerprint density at radius 2 is 1.88 bits per heavy atom. The predicted octanol–water partition coefficient (Wildman–Crippen LogP) is 1.31. The summed E-state index contributed by atoms with van der Waals surface area (Å²) in [4.78, 5) is 13.6. The van der Waals surface area contributed by atoms with Crippen LogP contribution < -0.4 is 5.32 Å². The second-order valence-electron chi connectivity index (χ2n) is 5.66. The smallest absolute Gasteiger partial charge is 0.307 e. The van der Waals surface area contributed by atoms with Crippen molar-refractivity contribution < 1.29 is 9.90 Å². The van der Waals surface area contributed by atoms with Gasteiger partial charge in [0.15, 0.2) is 0 Å². The number of carbonyl (C=O) groups is 1. The molecule has 2 N–H and O–H groups in total. The third-order valence-corrected chi connectivity index (χ3v) is 4.36. The molecular formula is C13H24N2O2. The molecule has 0 saturated carbocycles. The fraction of sp³-hybridized carbons (Fsp3) is 0.923. The number of aliphatic carboxylic acids is 1. The summed E-state index contributed by atoms with van der Waals surface area (Å²) in [6, 6.07) is 1.59. The number of hydrogen-bond acceptors (Lipinski definition) is 3. The summed E-state index contributed by atoms with van der Waals surface area (Å²) in [5, 5.41) is 12.4. The van der Waals surface area contributed by atoms with Gasteiger partial charge in [-0.05, 0) is 33.1 Å². The minimum Gasteiger partial charge on any atom is -0.481 e. The molecule has 0 aromatic carbocycles. The third-order valence-electron chi connectivity index (χ3n) is 4.36. The van der Waals surface area contributed by atoms with Crippen molar-refractivity contribution >= 4 is 5.97 Å². The molecule has 4 nitrogen and oxygen atoms in total. The fourth-order valence-corrected chi connectivity index (χ4v) is 3.50. The van der Waals surface area contributed by atoms with Crippen molar-refractivity contribution in [1.82, 2.24) is 10.2 Å².